The molecule has 0 fully saturated rings. The van der Waals surface area contributed by atoms with E-state index in [4.69, 9.17) is 4.42 Å². The maximum atomic E-state index is 14.0. The normalized spacial score (nSPS) is 10.9. The van der Waals surface area contributed by atoms with Gasteiger partial charge in [-0.05, 0) is 30.3 Å². The number of hydrogen-bond donors (Lipinski definition) is 2. The van der Waals surface area contributed by atoms with Crippen LogP contribution >= 0.6 is 11.8 Å². The van der Waals surface area contributed by atoms with Crippen LogP contribution in [0.15, 0.2) is 82.1 Å². The molecule has 28 heavy (non-hydrogen) atoms. The van der Waals surface area contributed by atoms with Crippen LogP contribution in [0.1, 0.15) is 16.1 Å². The first-order chi connectivity index (χ1) is 13.6. The van der Waals surface area contributed by atoms with Gasteiger partial charge in [0.15, 0.2) is 5.76 Å². The van der Waals surface area contributed by atoms with Gasteiger partial charge in [-0.1, -0.05) is 42.5 Å². The largest absolute Gasteiger partial charge is 0.506 e. The van der Waals surface area contributed by atoms with Crippen molar-refractivity contribution in [3.8, 4) is 5.75 Å². The molecule has 0 aliphatic rings. The summed E-state index contributed by atoms with van der Waals surface area (Å²) in [5.74, 6) is -0.300. The molecule has 1 aromatic heterocycles. The van der Waals surface area contributed by atoms with Crippen LogP contribution in [0.2, 0.25) is 0 Å². The fourth-order valence-electron chi connectivity index (χ4n) is 2.90. The number of para-hydroxylation sites is 3. The number of phenols is 1. The first-order valence-corrected chi connectivity index (χ1v) is 9.59. The number of carbonyl (C=O) groups is 1. The second kappa shape index (κ2) is 7.78. The fraction of sp³-hybridized carbons (Fsp3) is 0.0455. The van der Waals surface area contributed by atoms with Crippen LogP contribution in [0.5, 0.6) is 5.75 Å². The third kappa shape index (κ3) is 3.59. The maximum Gasteiger partial charge on any atom is 0.291 e. The average molecular weight is 393 g/mol. The third-order valence-corrected chi connectivity index (χ3v) is 5.34. The van der Waals surface area contributed by atoms with Crippen molar-refractivity contribution in [2.45, 2.75) is 10.6 Å². The number of rotatable bonds is 5. The van der Waals surface area contributed by atoms with Crippen LogP contribution in [0.4, 0.5) is 10.1 Å². The lowest BCUT2D eigenvalue weighted by Gasteiger charge is -2.07. The Hall–Kier alpha value is -3.25. The van der Waals surface area contributed by atoms with Gasteiger partial charge < -0.3 is 14.8 Å². The molecule has 2 N–H and O–H groups in total. The van der Waals surface area contributed by atoms with Gasteiger partial charge >= 0.3 is 0 Å². The van der Waals surface area contributed by atoms with Crippen molar-refractivity contribution in [3.05, 3.63) is 89.9 Å². The van der Waals surface area contributed by atoms with E-state index in [0.717, 1.165) is 5.39 Å². The number of aromatic hydroxyl groups is 1. The Bertz CT molecular complexity index is 1160. The fourth-order valence-corrected chi connectivity index (χ4v) is 3.86. The zero-order chi connectivity index (χ0) is 19.5. The minimum absolute atomic E-state index is 0.0331. The SMILES string of the molecule is O=C(Nc1ccccc1O)c1oc2ccccc2c1CSc1ccccc1F. The molecule has 0 atom stereocenters. The highest BCUT2D eigenvalue weighted by molar-refractivity contribution is 7.98. The van der Waals surface area contributed by atoms with Crippen LogP contribution in [0.3, 0.4) is 0 Å². The van der Waals surface area contributed by atoms with Gasteiger partial charge in [-0.3, -0.25) is 4.79 Å². The summed E-state index contributed by atoms with van der Waals surface area (Å²) in [6, 6.07) is 20.3. The molecule has 3 aromatic carbocycles. The summed E-state index contributed by atoms with van der Waals surface area (Å²) in [5, 5.41) is 13.4. The minimum atomic E-state index is -0.471. The van der Waals surface area contributed by atoms with Gasteiger partial charge in [0.2, 0.25) is 0 Å². The molecule has 0 saturated carbocycles. The van der Waals surface area contributed by atoms with Gasteiger partial charge in [-0.2, -0.15) is 0 Å². The number of nitrogens with one attached hydrogen (secondary N) is 1. The van der Waals surface area contributed by atoms with E-state index in [1.807, 2.05) is 18.2 Å². The summed E-state index contributed by atoms with van der Waals surface area (Å²) in [5.41, 5.74) is 1.55. The third-order valence-electron chi connectivity index (χ3n) is 4.27. The molecular weight excluding hydrogens is 377 g/mol. The Balaban J connectivity index is 1.68. The number of phenolic OH excluding ortho intramolecular Hbond substituents is 1. The predicted molar refractivity (Wildman–Crippen MR) is 108 cm³/mol. The van der Waals surface area contributed by atoms with Crippen molar-refractivity contribution in [2.24, 2.45) is 0 Å². The molecule has 0 unspecified atom stereocenters. The first kappa shape index (κ1) is 18.1. The van der Waals surface area contributed by atoms with Gasteiger partial charge in [-0.25, -0.2) is 4.39 Å². The molecule has 1 heterocycles. The van der Waals surface area contributed by atoms with Gasteiger partial charge in [-0.15, -0.1) is 11.8 Å². The zero-order valence-corrected chi connectivity index (χ0v) is 15.5. The smallest absolute Gasteiger partial charge is 0.291 e. The number of amides is 1. The lowest BCUT2D eigenvalue weighted by Crippen LogP contribution is -2.12. The number of carbonyl (C=O) groups excluding carboxylic acids is 1. The lowest BCUT2D eigenvalue weighted by atomic mass is 10.1. The Labute approximate surface area is 165 Å². The van der Waals surface area contributed by atoms with E-state index < -0.39 is 5.91 Å². The van der Waals surface area contributed by atoms with Crippen LogP contribution in [0.25, 0.3) is 11.0 Å². The number of benzene rings is 3. The number of halogens is 1. The molecule has 4 rings (SSSR count). The minimum Gasteiger partial charge on any atom is -0.506 e. The van der Waals surface area contributed by atoms with E-state index in [-0.39, 0.29) is 17.3 Å². The molecule has 1 amide bonds. The van der Waals surface area contributed by atoms with Crippen LogP contribution in [-0.2, 0) is 5.75 Å². The molecule has 140 valence electrons. The van der Waals surface area contributed by atoms with Crippen molar-refractivity contribution >= 4 is 34.3 Å². The Morgan fingerprint density at radius 2 is 1.71 bits per heavy atom. The molecular formula is C22H16FNO3S. The number of hydrogen-bond acceptors (Lipinski definition) is 4. The predicted octanol–water partition coefficient (Wildman–Crippen LogP) is 5.82. The molecule has 4 nitrogen and oxygen atoms in total. The Kier molecular flexibility index (Phi) is 5.04. The Morgan fingerprint density at radius 3 is 2.54 bits per heavy atom. The quantitative estimate of drug-likeness (QED) is 0.331. The van der Waals surface area contributed by atoms with Crippen molar-refractivity contribution in [2.75, 3.05) is 5.32 Å². The van der Waals surface area contributed by atoms with Gasteiger partial charge in [0.1, 0.15) is 17.1 Å². The number of anilines is 1. The maximum absolute atomic E-state index is 14.0. The zero-order valence-electron chi connectivity index (χ0n) is 14.7. The monoisotopic (exact) mass is 393 g/mol. The van der Waals surface area contributed by atoms with E-state index in [2.05, 4.69) is 5.32 Å². The van der Waals surface area contributed by atoms with E-state index in [1.54, 1.807) is 42.5 Å². The van der Waals surface area contributed by atoms with E-state index in [1.165, 1.54) is 23.9 Å². The number of thioether (sulfide) groups is 1. The van der Waals surface area contributed by atoms with Gasteiger partial charge in [0.25, 0.3) is 5.91 Å². The highest BCUT2D eigenvalue weighted by atomic mass is 32.2. The van der Waals surface area contributed by atoms with Gasteiger partial charge in [0.05, 0.1) is 5.69 Å². The summed E-state index contributed by atoms with van der Waals surface area (Å²) in [7, 11) is 0. The van der Waals surface area contributed by atoms with Crippen molar-refractivity contribution in [3.63, 3.8) is 0 Å². The van der Waals surface area contributed by atoms with E-state index >= 15 is 0 Å². The molecule has 0 bridgehead atoms. The molecule has 0 aliphatic heterocycles. The number of fused-ring (bicyclic) bond motifs is 1. The van der Waals surface area contributed by atoms with Crippen molar-refractivity contribution in [1.82, 2.24) is 0 Å². The topological polar surface area (TPSA) is 62.5 Å². The summed E-state index contributed by atoms with van der Waals surface area (Å²) in [4.78, 5) is 13.3. The molecule has 0 aliphatic carbocycles. The Morgan fingerprint density at radius 1 is 1.00 bits per heavy atom. The highest BCUT2D eigenvalue weighted by Crippen LogP contribution is 2.34. The molecule has 0 radical (unpaired) electrons. The number of furan rings is 1. The van der Waals surface area contributed by atoms with Gasteiger partial charge in [0, 0.05) is 21.6 Å². The second-order valence-electron chi connectivity index (χ2n) is 6.10. The summed E-state index contributed by atoms with van der Waals surface area (Å²) in [6.45, 7) is 0. The van der Waals surface area contributed by atoms with Crippen LogP contribution in [0, 0.1) is 5.82 Å². The standard InChI is InChI=1S/C22H16FNO3S/c23-16-8-2-6-12-20(16)28-13-15-14-7-1-5-11-19(14)27-21(15)22(26)24-17-9-3-4-10-18(17)25/h1-12,25H,13H2,(H,24,26). The average Bonchev–Trinajstić information content (AvgIpc) is 3.08. The second-order valence-corrected chi connectivity index (χ2v) is 7.11. The summed E-state index contributed by atoms with van der Waals surface area (Å²) in [6.07, 6.45) is 0. The molecule has 0 saturated heterocycles. The molecule has 4 aromatic rings. The van der Waals surface area contributed by atoms with E-state index in [0.29, 0.717) is 27.5 Å². The van der Waals surface area contributed by atoms with Crippen LogP contribution < -0.4 is 5.32 Å². The van der Waals surface area contributed by atoms with Crippen molar-refractivity contribution < 1.29 is 18.7 Å². The van der Waals surface area contributed by atoms with Crippen molar-refractivity contribution in [1.29, 1.82) is 0 Å². The molecule has 6 heteroatoms. The van der Waals surface area contributed by atoms with Crippen LogP contribution in [-0.4, -0.2) is 11.0 Å². The lowest BCUT2D eigenvalue weighted by molar-refractivity contribution is 0.0997. The van der Waals surface area contributed by atoms with E-state index in [9.17, 15) is 14.3 Å². The summed E-state index contributed by atoms with van der Waals surface area (Å²) >= 11 is 1.30. The molecule has 0 spiro atoms. The highest BCUT2D eigenvalue weighted by Gasteiger charge is 2.21. The summed E-state index contributed by atoms with van der Waals surface area (Å²) < 4.78 is 19.8. The first-order valence-electron chi connectivity index (χ1n) is 8.60.